The average molecular weight is 282 g/mol. The largest absolute Gasteiger partial charge is 0.418 e. The lowest BCUT2D eigenvalue weighted by molar-refractivity contribution is -0.137. The van der Waals surface area contributed by atoms with Crippen molar-refractivity contribution >= 4 is 5.69 Å². The fourth-order valence-electron chi connectivity index (χ4n) is 2.76. The first-order valence-corrected chi connectivity index (χ1v) is 6.62. The number of nitrogens with one attached hydrogen (secondary N) is 1. The third-order valence-electron chi connectivity index (χ3n) is 4.04. The van der Waals surface area contributed by atoms with Crippen LogP contribution in [0.4, 0.5) is 18.9 Å². The quantitative estimate of drug-likeness (QED) is 0.862. The fourth-order valence-corrected chi connectivity index (χ4v) is 2.76. The number of hydrogen-bond acceptors (Lipinski definition) is 2. The molecule has 1 N–H and O–H groups in total. The van der Waals surface area contributed by atoms with Crippen molar-refractivity contribution in [2.45, 2.75) is 45.3 Å². The van der Waals surface area contributed by atoms with Crippen LogP contribution in [0.5, 0.6) is 0 Å². The van der Waals surface area contributed by atoms with Gasteiger partial charge in [0.15, 0.2) is 0 Å². The summed E-state index contributed by atoms with van der Waals surface area (Å²) in [5, 5.41) is 11.8. The van der Waals surface area contributed by atoms with E-state index in [0.717, 1.165) is 25.3 Å². The first-order valence-electron chi connectivity index (χ1n) is 6.62. The Labute approximate surface area is 116 Å². The van der Waals surface area contributed by atoms with Gasteiger partial charge in [0, 0.05) is 11.7 Å². The highest BCUT2D eigenvalue weighted by atomic mass is 19.4. The van der Waals surface area contributed by atoms with E-state index in [1.54, 1.807) is 6.07 Å². The molecule has 0 heterocycles. The van der Waals surface area contributed by atoms with Gasteiger partial charge in [0.05, 0.1) is 17.2 Å². The van der Waals surface area contributed by atoms with Crippen LogP contribution < -0.4 is 5.32 Å². The predicted octanol–water partition coefficient (Wildman–Crippen LogP) is 4.57. The summed E-state index contributed by atoms with van der Waals surface area (Å²) in [6.07, 6.45) is -1.58. The number of rotatable bonds is 2. The highest BCUT2D eigenvalue weighted by Crippen LogP contribution is 2.41. The molecule has 2 nitrogen and oxygen atoms in total. The molecule has 20 heavy (non-hydrogen) atoms. The maximum Gasteiger partial charge on any atom is 0.418 e. The van der Waals surface area contributed by atoms with Gasteiger partial charge in [-0.05, 0) is 36.5 Å². The number of alkyl halides is 3. The van der Waals surface area contributed by atoms with Gasteiger partial charge in [0.2, 0.25) is 0 Å². The second-order valence-electron chi connectivity index (χ2n) is 5.95. The fraction of sp³-hybridized carbons (Fsp3) is 0.533. The number of anilines is 1. The number of halogens is 3. The molecule has 1 aliphatic carbocycles. The first kappa shape index (κ1) is 14.7. The lowest BCUT2D eigenvalue weighted by Crippen LogP contribution is -2.31. The SMILES string of the molecule is CC1(C)CCCC1Nc1ccc(C#N)cc1C(F)(F)F. The molecule has 0 saturated heterocycles. The van der Waals surface area contributed by atoms with Crippen LogP contribution in [0.3, 0.4) is 0 Å². The van der Waals surface area contributed by atoms with Crippen LogP contribution in [0.1, 0.15) is 44.2 Å². The molecule has 1 aromatic rings. The average Bonchev–Trinajstić information content (AvgIpc) is 2.68. The van der Waals surface area contributed by atoms with Crippen molar-refractivity contribution in [1.82, 2.24) is 0 Å². The molecule has 1 unspecified atom stereocenters. The monoisotopic (exact) mass is 282 g/mol. The van der Waals surface area contributed by atoms with Gasteiger partial charge in [0.25, 0.3) is 0 Å². The summed E-state index contributed by atoms with van der Waals surface area (Å²) in [4.78, 5) is 0. The summed E-state index contributed by atoms with van der Waals surface area (Å²) < 4.78 is 39.2. The highest BCUT2D eigenvalue weighted by molar-refractivity contribution is 5.57. The predicted molar refractivity (Wildman–Crippen MR) is 71.2 cm³/mol. The van der Waals surface area contributed by atoms with Crippen molar-refractivity contribution in [3.8, 4) is 6.07 Å². The van der Waals surface area contributed by atoms with Crippen LogP contribution in [0.15, 0.2) is 18.2 Å². The zero-order valence-electron chi connectivity index (χ0n) is 11.5. The topological polar surface area (TPSA) is 35.8 Å². The Balaban J connectivity index is 2.35. The summed E-state index contributed by atoms with van der Waals surface area (Å²) >= 11 is 0. The van der Waals surface area contributed by atoms with Gasteiger partial charge in [-0.3, -0.25) is 0 Å². The summed E-state index contributed by atoms with van der Waals surface area (Å²) in [7, 11) is 0. The Morgan fingerprint density at radius 3 is 2.55 bits per heavy atom. The van der Waals surface area contributed by atoms with E-state index in [4.69, 9.17) is 5.26 Å². The minimum Gasteiger partial charge on any atom is -0.381 e. The van der Waals surface area contributed by atoms with Gasteiger partial charge in [0.1, 0.15) is 0 Å². The number of nitrogens with zero attached hydrogens (tertiary/aromatic N) is 1. The van der Waals surface area contributed by atoms with Gasteiger partial charge in [-0.2, -0.15) is 18.4 Å². The molecular formula is C15H17F3N2. The Morgan fingerprint density at radius 2 is 2.05 bits per heavy atom. The molecule has 0 radical (unpaired) electrons. The molecule has 0 amide bonds. The summed E-state index contributed by atoms with van der Waals surface area (Å²) in [6, 6.07) is 5.45. The van der Waals surface area contributed by atoms with Crippen molar-refractivity contribution < 1.29 is 13.2 Å². The minimum absolute atomic E-state index is 0.0171. The standard InChI is InChI=1S/C15H17F3N2/c1-14(2)7-3-4-13(14)20-12-6-5-10(9-19)8-11(12)15(16,17)18/h5-6,8,13,20H,3-4,7H2,1-2H3. The second kappa shape index (κ2) is 5.01. The smallest absolute Gasteiger partial charge is 0.381 e. The van der Waals surface area contributed by atoms with E-state index < -0.39 is 11.7 Å². The molecule has 2 rings (SSSR count). The third kappa shape index (κ3) is 2.90. The lowest BCUT2D eigenvalue weighted by Gasteiger charge is -2.30. The van der Waals surface area contributed by atoms with Gasteiger partial charge in [-0.1, -0.05) is 20.3 Å². The summed E-state index contributed by atoms with van der Waals surface area (Å²) in [5.41, 5.74) is -0.694. The van der Waals surface area contributed by atoms with Crippen LogP contribution in [-0.4, -0.2) is 6.04 Å². The van der Waals surface area contributed by atoms with E-state index in [1.807, 2.05) is 0 Å². The van der Waals surface area contributed by atoms with E-state index in [9.17, 15) is 13.2 Å². The van der Waals surface area contributed by atoms with Crippen LogP contribution in [-0.2, 0) is 6.18 Å². The molecule has 108 valence electrons. The Morgan fingerprint density at radius 1 is 1.35 bits per heavy atom. The zero-order valence-corrected chi connectivity index (χ0v) is 11.5. The van der Waals surface area contributed by atoms with Gasteiger partial charge >= 0.3 is 6.18 Å². The maximum absolute atomic E-state index is 13.1. The Kier molecular flexibility index (Phi) is 3.68. The minimum atomic E-state index is -4.46. The van der Waals surface area contributed by atoms with Crippen molar-refractivity contribution in [2.24, 2.45) is 5.41 Å². The molecule has 0 spiro atoms. The Hall–Kier alpha value is -1.70. The molecule has 5 heteroatoms. The van der Waals surface area contributed by atoms with Crippen LogP contribution in [0.2, 0.25) is 0 Å². The van der Waals surface area contributed by atoms with Crippen LogP contribution >= 0.6 is 0 Å². The van der Waals surface area contributed by atoms with Crippen LogP contribution in [0.25, 0.3) is 0 Å². The molecular weight excluding hydrogens is 265 g/mol. The second-order valence-corrected chi connectivity index (χ2v) is 5.95. The number of benzene rings is 1. The third-order valence-corrected chi connectivity index (χ3v) is 4.04. The summed E-state index contributed by atoms with van der Waals surface area (Å²) in [6.45, 7) is 4.13. The van der Waals surface area contributed by atoms with E-state index >= 15 is 0 Å². The van der Waals surface area contributed by atoms with Crippen LogP contribution in [0, 0.1) is 16.7 Å². The number of nitriles is 1. The molecule has 1 aliphatic rings. The molecule has 1 aromatic carbocycles. The van der Waals surface area contributed by atoms with E-state index in [-0.39, 0.29) is 22.7 Å². The summed E-state index contributed by atoms with van der Waals surface area (Å²) in [5.74, 6) is 0. The number of hydrogen-bond donors (Lipinski definition) is 1. The molecule has 1 atom stereocenters. The van der Waals surface area contributed by atoms with E-state index in [1.165, 1.54) is 12.1 Å². The molecule has 0 aromatic heterocycles. The van der Waals surface area contributed by atoms with Gasteiger partial charge in [-0.25, -0.2) is 0 Å². The first-order chi connectivity index (χ1) is 9.24. The molecule has 1 saturated carbocycles. The van der Waals surface area contributed by atoms with Crippen molar-refractivity contribution in [3.63, 3.8) is 0 Å². The van der Waals surface area contributed by atoms with Crippen molar-refractivity contribution in [3.05, 3.63) is 29.3 Å². The zero-order chi connectivity index (χ0) is 15.0. The Bertz CT molecular complexity index is 541. The van der Waals surface area contributed by atoms with Crippen molar-refractivity contribution in [1.29, 1.82) is 5.26 Å². The molecule has 1 fully saturated rings. The maximum atomic E-state index is 13.1. The van der Waals surface area contributed by atoms with E-state index in [0.29, 0.717) is 0 Å². The normalized spacial score (nSPS) is 21.5. The van der Waals surface area contributed by atoms with Crippen molar-refractivity contribution in [2.75, 3.05) is 5.32 Å². The van der Waals surface area contributed by atoms with E-state index in [2.05, 4.69) is 19.2 Å². The molecule has 0 bridgehead atoms. The molecule has 0 aliphatic heterocycles. The van der Waals surface area contributed by atoms with Gasteiger partial charge < -0.3 is 5.32 Å². The van der Waals surface area contributed by atoms with Gasteiger partial charge in [-0.15, -0.1) is 0 Å². The highest BCUT2D eigenvalue weighted by Gasteiger charge is 2.38. The lowest BCUT2D eigenvalue weighted by atomic mass is 9.87.